The van der Waals surface area contributed by atoms with Crippen LogP contribution in [0.3, 0.4) is 0 Å². The van der Waals surface area contributed by atoms with E-state index in [4.69, 9.17) is 16.3 Å². The molecule has 7 rings (SSSR count). The third-order valence-electron chi connectivity index (χ3n) is 15.8. The van der Waals surface area contributed by atoms with Crippen LogP contribution in [0.15, 0.2) is 66.3 Å². The number of aromatic nitrogens is 2. The molecule has 2 aliphatic heterocycles. The summed E-state index contributed by atoms with van der Waals surface area (Å²) in [5.41, 5.74) is 5.13. The SMILES string of the molecule is Cc1ncsc1-c1ccc(C(C)NC(=O)[C@@H]2C[C@@H](O)CN2C(=O)C(NC(=O)CCCCC(CCCc2ccc(C(=O)N[C@H]3C(C)(C)[C@H](Oc4ccc(C#N)c(Cl)c4)C3(C)C)nc2)N2CCN(C)CC2)C(C)(C)C)cc1. The molecule has 2 saturated heterocycles. The predicted octanol–water partition coefficient (Wildman–Crippen LogP) is 8.52. The van der Waals surface area contributed by atoms with Crippen molar-refractivity contribution in [2.45, 2.75) is 156 Å². The highest BCUT2D eigenvalue weighted by Gasteiger charge is 2.64. The monoisotopic (exact) mass is 1060 g/mol. The number of nitriles is 1. The van der Waals surface area contributed by atoms with Crippen LogP contribution in [-0.4, -0.2) is 130 Å². The maximum Gasteiger partial charge on any atom is 0.270 e. The minimum atomic E-state index is -0.889. The van der Waals surface area contributed by atoms with Crippen LogP contribution in [0.2, 0.25) is 5.02 Å². The van der Waals surface area contributed by atoms with Crippen LogP contribution in [0.4, 0.5) is 0 Å². The number of rotatable bonds is 20. The Kier molecular flexibility index (Phi) is 18.5. The molecule has 404 valence electrons. The molecule has 1 saturated carbocycles. The average molecular weight is 1060 g/mol. The summed E-state index contributed by atoms with van der Waals surface area (Å²) in [7, 11) is 2.15. The number of nitrogens with one attached hydrogen (secondary N) is 3. The Morgan fingerprint density at radius 2 is 1.64 bits per heavy atom. The molecule has 0 bridgehead atoms. The van der Waals surface area contributed by atoms with Crippen LogP contribution in [0.5, 0.6) is 5.75 Å². The summed E-state index contributed by atoms with van der Waals surface area (Å²) >= 11 is 7.86. The average Bonchev–Trinajstić information content (AvgIpc) is 3.99. The summed E-state index contributed by atoms with van der Waals surface area (Å²) in [5, 5.41) is 29.7. The second-order valence-corrected chi connectivity index (χ2v) is 24.6. The first kappa shape index (κ1) is 57.3. The quantitative estimate of drug-likeness (QED) is 0.0621. The molecule has 15 nitrogen and oxygen atoms in total. The topological polar surface area (TPSA) is 193 Å². The number of halogens is 1. The van der Waals surface area contributed by atoms with E-state index in [0.717, 1.165) is 85.5 Å². The number of benzene rings is 2. The number of aryl methyl sites for hydroxylation is 2. The van der Waals surface area contributed by atoms with Crippen molar-refractivity contribution < 1.29 is 29.0 Å². The third kappa shape index (κ3) is 13.8. The number of likely N-dealkylation sites (tertiary alicyclic amines) is 1. The van der Waals surface area contributed by atoms with Gasteiger partial charge >= 0.3 is 0 Å². The number of hydrogen-bond donors (Lipinski definition) is 4. The molecule has 17 heteroatoms. The van der Waals surface area contributed by atoms with Gasteiger partial charge < -0.3 is 35.6 Å². The number of carbonyl (C=O) groups is 4. The zero-order chi connectivity index (χ0) is 54.4. The summed E-state index contributed by atoms with van der Waals surface area (Å²) in [6.45, 7) is 21.9. The van der Waals surface area contributed by atoms with E-state index in [2.05, 4.69) is 76.5 Å². The van der Waals surface area contributed by atoms with Crippen LogP contribution >= 0.6 is 22.9 Å². The second-order valence-electron chi connectivity index (χ2n) is 23.4. The number of unbranched alkanes of at least 4 members (excludes halogenated alkanes) is 1. The number of likely N-dealkylation sites (N-methyl/N-ethyl adjacent to an activating group) is 1. The van der Waals surface area contributed by atoms with Crippen molar-refractivity contribution in [1.82, 2.24) is 40.6 Å². The molecular formula is C58H78ClN9O6S. The molecule has 2 aromatic carbocycles. The molecular weight excluding hydrogens is 986 g/mol. The predicted molar refractivity (Wildman–Crippen MR) is 294 cm³/mol. The van der Waals surface area contributed by atoms with Crippen LogP contribution < -0.4 is 20.7 Å². The van der Waals surface area contributed by atoms with Gasteiger partial charge in [-0.15, -0.1) is 11.3 Å². The van der Waals surface area contributed by atoms with Crippen LogP contribution in [0.1, 0.15) is 139 Å². The number of aliphatic hydroxyl groups is 1. The van der Waals surface area contributed by atoms with Crippen LogP contribution in [-0.2, 0) is 20.8 Å². The zero-order valence-electron chi connectivity index (χ0n) is 45.5. The fraction of sp³-hybridized carbons (Fsp3) is 0.569. The highest BCUT2D eigenvalue weighted by atomic mass is 35.5. The van der Waals surface area contributed by atoms with Gasteiger partial charge in [0.05, 0.1) is 38.8 Å². The number of hydrogen-bond acceptors (Lipinski definition) is 12. The van der Waals surface area contributed by atoms with Gasteiger partial charge in [-0.05, 0) is 93.3 Å². The number of thiazole rings is 1. The van der Waals surface area contributed by atoms with Gasteiger partial charge in [0.15, 0.2) is 0 Å². The first-order chi connectivity index (χ1) is 35.5. The van der Waals surface area contributed by atoms with Crippen molar-refractivity contribution in [3.05, 3.63) is 99.4 Å². The number of aliphatic hydroxyl groups excluding tert-OH is 1. The molecule has 0 spiro atoms. The van der Waals surface area contributed by atoms with E-state index in [0.29, 0.717) is 34.5 Å². The second kappa shape index (κ2) is 24.3. The Hall–Kier alpha value is -5.44. The highest BCUT2D eigenvalue weighted by Crippen LogP contribution is 2.55. The van der Waals surface area contributed by atoms with Gasteiger partial charge in [0.1, 0.15) is 35.7 Å². The van der Waals surface area contributed by atoms with E-state index < -0.39 is 34.4 Å². The molecule has 1 aliphatic carbocycles. The van der Waals surface area contributed by atoms with E-state index in [1.54, 1.807) is 41.8 Å². The van der Waals surface area contributed by atoms with Gasteiger partial charge in [-0.25, -0.2) is 4.98 Å². The molecule has 4 heterocycles. The van der Waals surface area contributed by atoms with E-state index >= 15 is 0 Å². The van der Waals surface area contributed by atoms with E-state index in [-0.39, 0.29) is 61.2 Å². The molecule has 2 aromatic heterocycles. The fourth-order valence-corrected chi connectivity index (χ4v) is 12.7. The number of amides is 4. The summed E-state index contributed by atoms with van der Waals surface area (Å²) in [4.78, 5) is 71.8. The van der Waals surface area contributed by atoms with Crippen LogP contribution in [0, 0.1) is 34.5 Å². The van der Waals surface area contributed by atoms with Gasteiger partial charge in [0, 0.05) is 80.7 Å². The molecule has 4 N–H and O–H groups in total. The Labute approximate surface area is 453 Å². The van der Waals surface area contributed by atoms with E-state index in [1.807, 2.05) is 70.5 Å². The summed E-state index contributed by atoms with van der Waals surface area (Å²) in [5.74, 6) is -0.576. The van der Waals surface area contributed by atoms with Crippen molar-refractivity contribution in [3.63, 3.8) is 0 Å². The Balaban J connectivity index is 0.879. The Morgan fingerprint density at radius 3 is 2.25 bits per heavy atom. The molecule has 5 atom stereocenters. The van der Waals surface area contributed by atoms with Gasteiger partial charge in [0.25, 0.3) is 5.91 Å². The number of piperazine rings is 1. The largest absolute Gasteiger partial charge is 0.489 e. The molecule has 4 aromatic rings. The summed E-state index contributed by atoms with van der Waals surface area (Å²) in [6.07, 6.45) is 6.32. The van der Waals surface area contributed by atoms with Gasteiger partial charge in [-0.1, -0.05) is 96.8 Å². The maximum atomic E-state index is 14.3. The van der Waals surface area contributed by atoms with Crippen molar-refractivity contribution in [2.24, 2.45) is 16.2 Å². The molecule has 4 amide bonds. The molecule has 3 unspecified atom stereocenters. The number of β-amino-alcohol motifs (C(OH)–C–C–N with tert-alkyl or cyclic N) is 1. The smallest absolute Gasteiger partial charge is 0.270 e. The third-order valence-corrected chi connectivity index (χ3v) is 17.1. The molecule has 3 fully saturated rings. The summed E-state index contributed by atoms with van der Waals surface area (Å²) in [6, 6.07) is 17.0. The van der Waals surface area contributed by atoms with E-state index in [9.17, 15) is 29.5 Å². The molecule has 0 radical (unpaired) electrons. The van der Waals surface area contributed by atoms with Crippen molar-refractivity contribution in [3.8, 4) is 22.3 Å². The number of ether oxygens (including phenoxy) is 1. The number of nitrogens with zero attached hydrogens (tertiary/aromatic N) is 6. The fourth-order valence-electron chi connectivity index (χ4n) is 11.7. The van der Waals surface area contributed by atoms with Crippen LogP contribution in [0.25, 0.3) is 10.4 Å². The minimum absolute atomic E-state index is 0.0131. The maximum absolute atomic E-state index is 14.3. The molecule has 3 aliphatic rings. The minimum Gasteiger partial charge on any atom is -0.489 e. The number of carbonyl (C=O) groups excluding carboxylic acids is 4. The normalized spacial score (nSPS) is 21.8. The Morgan fingerprint density at radius 1 is 0.947 bits per heavy atom. The lowest BCUT2D eigenvalue weighted by Gasteiger charge is -2.63. The summed E-state index contributed by atoms with van der Waals surface area (Å²) < 4.78 is 6.40. The van der Waals surface area contributed by atoms with Gasteiger partial charge in [-0.2, -0.15) is 5.26 Å². The van der Waals surface area contributed by atoms with Crippen molar-refractivity contribution in [2.75, 3.05) is 39.8 Å². The standard InChI is InChI=1S/C58H78ClN9O6S/c1-36(39-19-21-40(22-20-39)49-37(2)62-35-75-49)63-52(72)47-30-43(69)34-68(47)53(73)50(56(3,4)5)64-48(70)17-12-11-15-42(67-28-26-66(10)27-29-67)16-13-14-38-18-25-46(61-33-38)51(71)65-54-57(6,7)55(58(54,8)9)74-44-24-23-41(32-60)45(59)31-44/h18-25,31,33,35-36,42-43,47,50,54-55,69H,11-17,26-30,34H2,1-10H3,(H,63,72)(H,64,70)(H,65,71)/t36?,42?,43-,47+,50?,54-,55-/m1/s1. The van der Waals surface area contributed by atoms with Crippen molar-refractivity contribution in [1.29, 1.82) is 5.26 Å². The van der Waals surface area contributed by atoms with Gasteiger partial charge in [-0.3, -0.25) is 29.1 Å². The first-order valence-corrected chi connectivity index (χ1v) is 27.9. The highest BCUT2D eigenvalue weighted by molar-refractivity contribution is 7.13. The molecule has 75 heavy (non-hydrogen) atoms. The Bertz CT molecular complexity index is 2660. The lowest BCUT2D eigenvalue weighted by Crippen LogP contribution is -2.74. The van der Waals surface area contributed by atoms with Gasteiger partial charge in [0.2, 0.25) is 17.7 Å². The van der Waals surface area contributed by atoms with Crippen molar-refractivity contribution >= 4 is 46.6 Å². The lowest BCUT2D eigenvalue weighted by atomic mass is 9.49. The zero-order valence-corrected chi connectivity index (χ0v) is 47.1. The lowest BCUT2D eigenvalue weighted by molar-refractivity contribution is -0.164. The van der Waals surface area contributed by atoms with E-state index in [1.165, 1.54) is 4.90 Å². The number of pyridine rings is 1. The first-order valence-electron chi connectivity index (χ1n) is 26.6.